The Kier molecular flexibility index (Phi) is 5.84. The standard InChI is InChI=1S/C21H25N3O4S/c1-13-14(2)29-21-19(13)20(22-18(23-21)12-24-5-7-27-8-6-24)28-17-10-15(25-3)9-16(11-17)26-4/h9-11H,5-8,12H2,1-4H3/p+1. The predicted molar refractivity (Wildman–Crippen MR) is 112 cm³/mol. The van der Waals surface area contributed by atoms with Gasteiger partial charge >= 0.3 is 0 Å². The molecule has 154 valence electrons. The third-order valence-electron chi connectivity index (χ3n) is 5.19. The second-order valence-electron chi connectivity index (χ2n) is 7.10. The Bertz CT molecular complexity index is 993. The zero-order valence-electron chi connectivity index (χ0n) is 17.2. The summed E-state index contributed by atoms with van der Waals surface area (Å²) in [5.41, 5.74) is 1.15. The lowest BCUT2D eigenvalue weighted by Gasteiger charge is -2.23. The summed E-state index contributed by atoms with van der Waals surface area (Å²) in [5, 5.41) is 0.968. The van der Waals surface area contributed by atoms with Crippen LogP contribution in [0, 0.1) is 13.8 Å². The number of nitrogens with one attached hydrogen (secondary N) is 1. The maximum Gasteiger partial charge on any atom is 0.231 e. The fourth-order valence-electron chi connectivity index (χ4n) is 3.42. The molecule has 3 heterocycles. The predicted octanol–water partition coefficient (Wildman–Crippen LogP) is 2.53. The van der Waals surface area contributed by atoms with Crippen molar-refractivity contribution < 1.29 is 23.8 Å². The first kappa shape index (κ1) is 19.9. The van der Waals surface area contributed by atoms with Crippen molar-refractivity contribution in [1.29, 1.82) is 0 Å². The fourth-order valence-corrected chi connectivity index (χ4v) is 4.46. The molecule has 4 rings (SSSR count). The summed E-state index contributed by atoms with van der Waals surface area (Å²) >= 11 is 1.68. The highest BCUT2D eigenvalue weighted by atomic mass is 32.1. The van der Waals surface area contributed by atoms with E-state index in [0.29, 0.717) is 23.1 Å². The number of aromatic nitrogens is 2. The average Bonchev–Trinajstić information content (AvgIpc) is 3.02. The van der Waals surface area contributed by atoms with Crippen LogP contribution >= 0.6 is 11.3 Å². The molecule has 1 saturated heterocycles. The molecular weight excluding hydrogens is 390 g/mol. The number of quaternary nitrogens is 1. The molecule has 0 bridgehead atoms. The number of nitrogens with zero attached hydrogens (tertiary/aromatic N) is 2. The van der Waals surface area contributed by atoms with Gasteiger partial charge < -0.3 is 23.8 Å². The molecule has 29 heavy (non-hydrogen) atoms. The summed E-state index contributed by atoms with van der Waals surface area (Å²) in [6.07, 6.45) is 0. The number of aryl methyl sites for hydroxylation is 2. The van der Waals surface area contributed by atoms with Gasteiger partial charge in [-0.05, 0) is 19.4 Å². The van der Waals surface area contributed by atoms with E-state index in [1.165, 1.54) is 9.78 Å². The minimum atomic E-state index is 0.579. The van der Waals surface area contributed by atoms with Gasteiger partial charge in [0.05, 0.1) is 32.8 Å². The van der Waals surface area contributed by atoms with Gasteiger partial charge in [0, 0.05) is 23.1 Å². The first-order valence-electron chi connectivity index (χ1n) is 9.66. The van der Waals surface area contributed by atoms with E-state index in [-0.39, 0.29) is 0 Å². The highest BCUT2D eigenvalue weighted by Gasteiger charge is 2.21. The molecule has 1 aromatic carbocycles. The molecule has 0 spiro atoms. The van der Waals surface area contributed by atoms with Crippen molar-refractivity contribution in [3.63, 3.8) is 0 Å². The number of hydrogen-bond donors (Lipinski definition) is 1. The number of rotatable bonds is 6. The Labute approximate surface area is 174 Å². The van der Waals surface area contributed by atoms with Crippen LogP contribution in [0.4, 0.5) is 0 Å². The highest BCUT2D eigenvalue weighted by molar-refractivity contribution is 7.18. The first-order valence-corrected chi connectivity index (χ1v) is 10.5. The summed E-state index contributed by atoms with van der Waals surface area (Å²) in [5.74, 6) is 3.33. The Morgan fingerprint density at radius 2 is 1.66 bits per heavy atom. The third-order valence-corrected chi connectivity index (χ3v) is 6.29. The number of ether oxygens (including phenoxy) is 4. The van der Waals surface area contributed by atoms with Crippen LogP contribution in [0.3, 0.4) is 0 Å². The molecule has 1 aliphatic heterocycles. The van der Waals surface area contributed by atoms with Gasteiger partial charge in [-0.1, -0.05) is 0 Å². The first-order chi connectivity index (χ1) is 14.1. The maximum atomic E-state index is 6.26. The van der Waals surface area contributed by atoms with Crippen molar-refractivity contribution in [2.45, 2.75) is 20.4 Å². The minimum absolute atomic E-state index is 0.579. The van der Waals surface area contributed by atoms with Crippen LogP contribution < -0.4 is 19.1 Å². The molecule has 1 aliphatic rings. The molecule has 0 unspecified atom stereocenters. The van der Waals surface area contributed by atoms with E-state index in [2.05, 4.69) is 13.8 Å². The molecule has 3 aromatic rings. The van der Waals surface area contributed by atoms with Crippen LogP contribution in [-0.4, -0.2) is 50.5 Å². The van der Waals surface area contributed by atoms with E-state index in [1.54, 1.807) is 25.6 Å². The van der Waals surface area contributed by atoms with Crippen LogP contribution in [0.25, 0.3) is 10.2 Å². The summed E-state index contributed by atoms with van der Waals surface area (Å²) in [7, 11) is 3.24. The second kappa shape index (κ2) is 8.52. The molecule has 0 saturated carbocycles. The Morgan fingerprint density at radius 1 is 1.00 bits per heavy atom. The third kappa shape index (κ3) is 4.29. The molecule has 0 aliphatic carbocycles. The van der Waals surface area contributed by atoms with E-state index < -0.39 is 0 Å². The smallest absolute Gasteiger partial charge is 0.231 e. The topological polar surface area (TPSA) is 67.1 Å². The quantitative estimate of drug-likeness (QED) is 0.666. The van der Waals surface area contributed by atoms with E-state index in [4.69, 9.17) is 28.9 Å². The van der Waals surface area contributed by atoms with Crippen LogP contribution in [0.2, 0.25) is 0 Å². The fraction of sp³-hybridized carbons (Fsp3) is 0.429. The van der Waals surface area contributed by atoms with Crippen molar-refractivity contribution in [2.24, 2.45) is 0 Å². The lowest BCUT2D eigenvalue weighted by Crippen LogP contribution is -3.12. The largest absolute Gasteiger partial charge is 0.496 e. The summed E-state index contributed by atoms with van der Waals surface area (Å²) in [4.78, 5) is 13.2. The normalized spacial score (nSPS) is 14.9. The van der Waals surface area contributed by atoms with Crippen molar-refractivity contribution in [1.82, 2.24) is 9.97 Å². The van der Waals surface area contributed by atoms with E-state index in [0.717, 1.165) is 54.5 Å². The lowest BCUT2D eigenvalue weighted by molar-refractivity contribution is -0.922. The lowest BCUT2D eigenvalue weighted by atomic mass is 10.2. The molecule has 1 fully saturated rings. The van der Waals surface area contributed by atoms with Gasteiger partial charge in [-0.3, -0.25) is 0 Å². The van der Waals surface area contributed by atoms with E-state index in [1.807, 2.05) is 18.2 Å². The Morgan fingerprint density at radius 3 is 2.31 bits per heavy atom. The van der Waals surface area contributed by atoms with Gasteiger partial charge in [-0.15, -0.1) is 11.3 Å². The van der Waals surface area contributed by atoms with Gasteiger partial charge in [0.15, 0.2) is 5.82 Å². The molecule has 0 amide bonds. The van der Waals surface area contributed by atoms with Crippen molar-refractivity contribution >= 4 is 21.6 Å². The molecule has 2 aromatic heterocycles. The summed E-state index contributed by atoms with van der Waals surface area (Å²) in [6, 6.07) is 5.48. The van der Waals surface area contributed by atoms with Crippen LogP contribution in [0.5, 0.6) is 23.1 Å². The molecule has 7 nitrogen and oxygen atoms in total. The number of methoxy groups -OCH3 is 2. The average molecular weight is 417 g/mol. The van der Waals surface area contributed by atoms with Crippen molar-refractivity contribution in [3.8, 4) is 23.1 Å². The maximum absolute atomic E-state index is 6.26. The van der Waals surface area contributed by atoms with E-state index in [9.17, 15) is 0 Å². The zero-order chi connectivity index (χ0) is 20.4. The van der Waals surface area contributed by atoms with Crippen molar-refractivity contribution in [3.05, 3.63) is 34.5 Å². The summed E-state index contributed by atoms with van der Waals surface area (Å²) < 4.78 is 22.5. The molecule has 1 N–H and O–H groups in total. The number of fused-ring (bicyclic) bond motifs is 1. The van der Waals surface area contributed by atoms with Gasteiger partial charge in [0.2, 0.25) is 5.88 Å². The molecule has 8 heteroatoms. The second-order valence-corrected chi connectivity index (χ2v) is 8.30. The van der Waals surface area contributed by atoms with E-state index >= 15 is 0 Å². The van der Waals surface area contributed by atoms with Gasteiger partial charge in [0.25, 0.3) is 0 Å². The van der Waals surface area contributed by atoms with Gasteiger partial charge in [0.1, 0.15) is 41.7 Å². The Balaban J connectivity index is 1.73. The van der Waals surface area contributed by atoms with Crippen LogP contribution in [-0.2, 0) is 11.3 Å². The van der Waals surface area contributed by atoms with Gasteiger partial charge in [-0.2, -0.15) is 4.98 Å². The van der Waals surface area contributed by atoms with Gasteiger partial charge in [-0.25, -0.2) is 4.98 Å². The minimum Gasteiger partial charge on any atom is -0.496 e. The highest BCUT2D eigenvalue weighted by Crippen LogP contribution is 2.38. The number of morpholine rings is 1. The zero-order valence-corrected chi connectivity index (χ0v) is 18.0. The van der Waals surface area contributed by atoms with Crippen molar-refractivity contribution in [2.75, 3.05) is 40.5 Å². The molecular formula is C21H26N3O4S+. The Hall–Kier alpha value is -2.42. The molecule has 0 atom stereocenters. The summed E-state index contributed by atoms with van der Waals surface area (Å²) in [6.45, 7) is 8.44. The number of benzene rings is 1. The SMILES string of the molecule is COc1cc(OC)cc(Oc2nc(C[NH+]3CCOCC3)nc3sc(C)c(C)c23)c1. The monoisotopic (exact) mass is 416 g/mol. The van der Waals surface area contributed by atoms with Crippen LogP contribution in [0.1, 0.15) is 16.3 Å². The number of hydrogen-bond acceptors (Lipinski definition) is 7. The number of thiophene rings is 1. The molecule has 0 radical (unpaired) electrons. The van der Waals surface area contributed by atoms with Crippen LogP contribution in [0.15, 0.2) is 18.2 Å².